The van der Waals surface area contributed by atoms with Gasteiger partial charge in [-0.15, -0.1) is 0 Å². The minimum Gasteiger partial charge on any atom is -0.298 e. The Kier molecular flexibility index (Phi) is 3.97. The van der Waals surface area contributed by atoms with Crippen molar-refractivity contribution in [2.75, 3.05) is 5.32 Å². The number of hydrogen-bond donors (Lipinski definition) is 1. The molecule has 6 nitrogen and oxygen atoms in total. The maximum absolute atomic E-state index is 12.4. The third-order valence-corrected chi connectivity index (χ3v) is 4.40. The van der Waals surface area contributed by atoms with Crippen LogP contribution in [0.4, 0.5) is 10.8 Å². The van der Waals surface area contributed by atoms with Gasteiger partial charge in [-0.2, -0.15) is 0 Å². The van der Waals surface area contributed by atoms with E-state index in [4.69, 9.17) is 11.6 Å². The molecule has 8 heteroatoms. The lowest BCUT2D eigenvalue weighted by molar-refractivity contribution is -0.385. The Bertz CT molecular complexity index is 939. The number of carbonyl (C=O) groups is 1. The molecule has 0 fully saturated rings. The lowest BCUT2D eigenvalue weighted by Crippen LogP contribution is -2.14. The van der Waals surface area contributed by atoms with Crippen LogP contribution in [0.1, 0.15) is 15.9 Å². The molecule has 3 aromatic rings. The minimum absolute atomic E-state index is 0.00675. The molecule has 1 N–H and O–H groups in total. The van der Waals surface area contributed by atoms with Crippen LogP contribution in [0.3, 0.4) is 0 Å². The van der Waals surface area contributed by atoms with Gasteiger partial charge in [-0.25, -0.2) is 4.98 Å². The number of nitrogens with zero attached hydrogens (tertiary/aromatic N) is 2. The number of nitro groups is 1. The van der Waals surface area contributed by atoms with Crippen molar-refractivity contribution in [3.05, 3.63) is 62.7 Å². The van der Waals surface area contributed by atoms with Gasteiger partial charge < -0.3 is 0 Å². The zero-order valence-corrected chi connectivity index (χ0v) is 13.4. The van der Waals surface area contributed by atoms with E-state index in [0.29, 0.717) is 21.2 Å². The molecule has 116 valence electrons. The van der Waals surface area contributed by atoms with Gasteiger partial charge in [-0.1, -0.05) is 35.1 Å². The summed E-state index contributed by atoms with van der Waals surface area (Å²) in [4.78, 5) is 27.3. The number of fused-ring (bicyclic) bond motifs is 1. The molecule has 2 aromatic carbocycles. The summed E-state index contributed by atoms with van der Waals surface area (Å²) in [6, 6.07) is 9.83. The molecule has 0 spiro atoms. The quantitative estimate of drug-likeness (QED) is 0.561. The van der Waals surface area contributed by atoms with E-state index in [1.165, 1.54) is 17.4 Å². The highest BCUT2D eigenvalue weighted by atomic mass is 35.5. The number of nitro benzene ring substituents is 1. The van der Waals surface area contributed by atoms with E-state index in [0.717, 1.165) is 4.70 Å². The second kappa shape index (κ2) is 5.94. The summed E-state index contributed by atoms with van der Waals surface area (Å²) in [6.07, 6.45) is 0. The Morgan fingerprint density at radius 2 is 2.13 bits per heavy atom. The Morgan fingerprint density at radius 3 is 2.87 bits per heavy atom. The van der Waals surface area contributed by atoms with Crippen molar-refractivity contribution in [1.29, 1.82) is 0 Å². The summed E-state index contributed by atoms with van der Waals surface area (Å²) in [7, 11) is 0. The lowest BCUT2D eigenvalue weighted by Gasteiger charge is -2.04. The van der Waals surface area contributed by atoms with Gasteiger partial charge >= 0.3 is 0 Å². The molecule has 23 heavy (non-hydrogen) atoms. The van der Waals surface area contributed by atoms with Gasteiger partial charge in [0.15, 0.2) is 5.13 Å². The molecule has 0 saturated heterocycles. The largest absolute Gasteiger partial charge is 0.298 e. The zero-order chi connectivity index (χ0) is 16.6. The second-order valence-corrected chi connectivity index (χ2v) is 6.28. The predicted molar refractivity (Wildman–Crippen MR) is 90.4 cm³/mol. The van der Waals surface area contributed by atoms with E-state index in [-0.39, 0.29) is 11.3 Å². The fourth-order valence-electron chi connectivity index (χ4n) is 2.20. The van der Waals surface area contributed by atoms with Gasteiger partial charge in [0.25, 0.3) is 11.6 Å². The summed E-state index contributed by atoms with van der Waals surface area (Å²) < 4.78 is 0.826. The standard InChI is InChI=1S/C15H10ClN3O3S/c1-8-3-2-4-10(13(8)19(21)22)14(20)18-15-17-11-6-5-9(16)7-12(11)23-15/h2-7H,1H3,(H,17,18,20). The number of thiazole rings is 1. The molecule has 1 heterocycles. The topological polar surface area (TPSA) is 85.1 Å². The van der Waals surface area contributed by atoms with E-state index in [9.17, 15) is 14.9 Å². The Balaban J connectivity index is 1.95. The van der Waals surface area contributed by atoms with Crippen molar-refractivity contribution < 1.29 is 9.72 Å². The van der Waals surface area contributed by atoms with Crippen LogP contribution in [0, 0.1) is 17.0 Å². The highest BCUT2D eigenvalue weighted by Gasteiger charge is 2.23. The van der Waals surface area contributed by atoms with E-state index >= 15 is 0 Å². The number of aromatic nitrogens is 1. The summed E-state index contributed by atoms with van der Waals surface area (Å²) in [5, 5.41) is 14.7. The molecule has 0 bridgehead atoms. The Labute approximate surface area is 139 Å². The van der Waals surface area contributed by atoms with Crippen molar-refractivity contribution in [3.63, 3.8) is 0 Å². The summed E-state index contributed by atoms with van der Waals surface area (Å²) in [6.45, 7) is 1.59. The number of halogens is 1. The molecule has 0 saturated carbocycles. The summed E-state index contributed by atoms with van der Waals surface area (Å²) in [5.74, 6) is -0.564. The van der Waals surface area contributed by atoms with Gasteiger partial charge in [-0.3, -0.25) is 20.2 Å². The molecule has 1 aromatic heterocycles. The minimum atomic E-state index is -0.564. The number of benzene rings is 2. The fraction of sp³-hybridized carbons (Fsp3) is 0.0667. The van der Waals surface area contributed by atoms with E-state index < -0.39 is 10.8 Å². The first-order valence-corrected chi connectivity index (χ1v) is 7.76. The third kappa shape index (κ3) is 3.01. The summed E-state index contributed by atoms with van der Waals surface area (Å²) in [5.41, 5.74) is 0.939. The van der Waals surface area contributed by atoms with Crippen molar-refractivity contribution in [2.45, 2.75) is 6.92 Å². The molecular weight excluding hydrogens is 338 g/mol. The SMILES string of the molecule is Cc1cccc(C(=O)Nc2nc3ccc(Cl)cc3s2)c1[N+](=O)[O-]. The van der Waals surface area contributed by atoms with Crippen molar-refractivity contribution in [2.24, 2.45) is 0 Å². The lowest BCUT2D eigenvalue weighted by atomic mass is 10.1. The van der Waals surface area contributed by atoms with Gasteiger partial charge in [0.2, 0.25) is 0 Å². The smallest absolute Gasteiger partial charge is 0.285 e. The highest BCUT2D eigenvalue weighted by molar-refractivity contribution is 7.22. The highest BCUT2D eigenvalue weighted by Crippen LogP contribution is 2.29. The molecular formula is C15H10ClN3O3S. The van der Waals surface area contributed by atoms with Crippen LogP contribution in [0.15, 0.2) is 36.4 Å². The average Bonchev–Trinajstić information content (AvgIpc) is 2.87. The number of rotatable bonds is 3. The second-order valence-electron chi connectivity index (χ2n) is 4.81. The van der Waals surface area contributed by atoms with Crippen LogP contribution >= 0.6 is 22.9 Å². The maximum Gasteiger partial charge on any atom is 0.285 e. The first-order chi connectivity index (χ1) is 11.0. The molecule has 0 aliphatic heterocycles. The van der Waals surface area contributed by atoms with Crippen LogP contribution < -0.4 is 5.32 Å². The number of aryl methyl sites for hydroxylation is 1. The van der Waals surface area contributed by atoms with Gasteiger partial charge in [-0.05, 0) is 31.2 Å². The third-order valence-electron chi connectivity index (χ3n) is 3.24. The number of anilines is 1. The fourth-order valence-corrected chi connectivity index (χ4v) is 3.34. The average molecular weight is 348 g/mol. The number of hydrogen-bond acceptors (Lipinski definition) is 5. The van der Waals surface area contributed by atoms with Crippen molar-refractivity contribution >= 4 is 49.9 Å². The van der Waals surface area contributed by atoms with Crippen LogP contribution in [0.5, 0.6) is 0 Å². The van der Waals surface area contributed by atoms with Gasteiger partial charge in [0, 0.05) is 10.6 Å². The first kappa shape index (κ1) is 15.4. The Hall–Kier alpha value is -2.51. The first-order valence-electron chi connectivity index (χ1n) is 6.57. The normalized spacial score (nSPS) is 10.7. The molecule has 3 rings (SSSR count). The van der Waals surface area contributed by atoms with Crippen molar-refractivity contribution in [3.8, 4) is 0 Å². The monoisotopic (exact) mass is 347 g/mol. The van der Waals surface area contributed by atoms with Crippen LogP contribution in [-0.4, -0.2) is 15.8 Å². The van der Waals surface area contributed by atoms with E-state index in [1.807, 2.05) is 0 Å². The van der Waals surface area contributed by atoms with Crippen LogP contribution in [0.25, 0.3) is 10.2 Å². The van der Waals surface area contributed by atoms with Crippen molar-refractivity contribution in [1.82, 2.24) is 4.98 Å². The molecule has 0 aliphatic carbocycles. The predicted octanol–water partition coefficient (Wildman–Crippen LogP) is 4.42. The number of nitrogens with one attached hydrogen (secondary N) is 1. The van der Waals surface area contributed by atoms with E-state index in [1.54, 1.807) is 37.3 Å². The van der Waals surface area contributed by atoms with E-state index in [2.05, 4.69) is 10.3 Å². The maximum atomic E-state index is 12.4. The van der Waals surface area contributed by atoms with Gasteiger partial charge in [0.05, 0.1) is 15.1 Å². The number of amides is 1. The zero-order valence-electron chi connectivity index (χ0n) is 11.9. The molecule has 0 unspecified atom stereocenters. The molecule has 0 aliphatic rings. The number of para-hydroxylation sites is 1. The van der Waals surface area contributed by atoms with Crippen LogP contribution in [0.2, 0.25) is 5.02 Å². The molecule has 0 radical (unpaired) electrons. The Morgan fingerprint density at radius 1 is 1.35 bits per heavy atom. The number of carbonyl (C=O) groups excluding carboxylic acids is 1. The van der Waals surface area contributed by atoms with Crippen LogP contribution in [-0.2, 0) is 0 Å². The summed E-state index contributed by atoms with van der Waals surface area (Å²) >= 11 is 7.17. The molecule has 1 amide bonds. The van der Waals surface area contributed by atoms with Gasteiger partial charge in [0.1, 0.15) is 5.56 Å². The molecule has 0 atom stereocenters.